The van der Waals surface area contributed by atoms with Gasteiger partial charge in [0.25, 0.3) is 0 Å². The van der Waals surface area contributed by atoms with Crippen LogP contribution in [0.2, 0.25) is 0 Å². The van der Waals surface area contributed by atoms with Gasteiger partial charge in [-0.1, -0.05) is 26.0 Å². The molecule has 0 spiro atoms. The first-order valence-corrected chi connectivity index (χ1v) is 5.47. The molecule has 0 aliphatic rings. The highest BCUT2D eigenvalue weighted by Gasteiger charge is 2.09. The standard InChI is InChI=1S/C13H16N2O/c1-9(2)13-11(8-14-15-13)7-10-3-5-12(16)6-4-10/h3-6,8-9,16H,7H2,1-2H3,(H,14,15). The van der Waals surface area contributed by atoms with Crippen LogP contribution in [0, 0.1) is 0 Å². The molecule has 0 atom stereocenters. The Kier molecular flexibility index (Phi) is 2.95. The molecular weight excluding hydrogens is 200 g/mol. The van der Waals surface area contributed by atoms with Crippen LogP contribution in [-0.4, -0.2) is 15.3 Å². The number of rotatable bonds is 3. The fourth-order valence-corrected chi connectivity index (χ4v) is 1.80. The monoisotopic (exact) mass is 216 g/mol. The Morgan fingerprint density at radius 1 is 1.25 bits per heavy atom. The van der Waals surface area contributed by atoms with Gasteiger partial charge in [-0.2, -0.15) is 5.10 Å². The van der Waals surface area contributed by atoms with E-state index in [2.05, 4.69) is 24.0 Å². The van der Waals surface area contributed by atoms with Crippen molar-refractivity contribution in [3.63, 3.8) is 0 Å². The van der Waals surface area contributed by atoms with E-state index in [1.165, 1.54) is 16.8 Å². The van der Waals surface area contributed by atoms with Crippen LogP contribution in [0.5, 0.6) is 5.75 Å². The van der Waals surface area contributed by atoms with Crippen LogP contribution < -0.4 is 0 Å². The average molecular weight is 216 g/mol. The van der Waals surface area contributed by atoms with Gasteiger partial charge in [0.15, 0.2) is 0 Å². The van der Waals surface area contributed by atoms with Crippen molar-refractivity contribution in [2.24, 2.45) is 0 Å². The predicted octanol–water partition coefficient (Wildman–Crippen LogP) is 2.83. The molecule has 0 saturated heterocycles. The van der Waals surface area contributed by atoms with Gasteiger partial charge in [0.1, 0.15) is 5.75 Å². The Labute approximate surface area is 95.1 Å². The molecule has 0 unspecified atom stereocenters. The van der Waals surface area contributed by atoms with Crippen LogP contribution in [0.4, 0.5) is 0 Å². The maximum absolute atomic E-state index is 9.21. The van der Waals surface area contributed by atoms with Gasteiger partial charge in [-0.25, -0.2) is 0 Å². The van der Waals surface area contributed by atoms with Gasteiger partial charge in [0.2, 0.25) is 0 Å². The number of phenols is 1. The van der Waals surface area contributed by atoms with Crippen molar-refractivity contribution in [2.45, 2.75) is 26.2 Å². The Morgan fingerprint density at radius 2 is 1.94 bits per heavy atom. The molecular formula is C13H16N2O. The van der Waals surface area contributed by atoms with Crippen molar-refractivity contribution in [3.05, 3.63) is 47.3 Å². The first-order chi connectivity index (χ1) is 7.66. The molecule has 2 rings (SSSR count). The predicted molar refractivity (Wildman–Crippen MR) is 63.6 cm³/mol. The van der Waals surface area contributed by atoms with Gasteiger partial charge in [0.05, 0.1) is 6.20 Å². The van der Waals surface area contributed by atoms with Crippen LogP contribution in [0.1, 0.15) is 36.6 Å². The second-order valence-electron chi connectivity index (χ2n) is 4.31. The molecule has 0 bridgehead atoms. The largest absolute Gasteiger partial charge is 0.508 e. The zero-order chi connectivity index (χ0) is 11.5. The maximum Gasteiger partial charge on any atom is 0.115 e. The van der Waals surface area contributed by atoms with E-state index in [-0.39, 0.29) is 0 Å². The molecule has 0 aliphatic carbocycles. The lowest BCUT2D eigenvalue weighted by Gasteiger charge is -2.06. The van der Waals surface area contributed by atoms with Crippen LogP contribution in [0.25, 0.3) is 0 Å². The van der Waals surface area contributed by atoms with E-state index in [1.807, 2.05) is 18.3 Å². The van der Waals surface area contributed by atoms with E-state index in [9.17, 15) is 5.11 Å². The topological polar surface area (TPSA) is 48.9 Å². The first-order valence-electron chi connectivity index (χ1n) is 5.47. The summed E-state index contributed by atoms with van der Waals surface area (Å²) in [4.78, 5) is 0. The summed E-state index contributed by atoms with van der Waals surface area (Å²) in [6.07, 6.45) is 2.73. The SMILES string of the molecule is CC(C)c1[nH]ncc1Cc1ccc(O)cc1. The second-order valence-corrected chi connectivity index (χ2v) is 4.31. The summed E-state index contributed by atoms with van der Waals surface area (Å²) in [6.45, 7) is 4.29. The number of phenolic OH excluding ortho intramolecular Hbond substituents is 1. The molecule has 84 valence electrons. The van der Waals surface area contributed by atoms with Gasteiger partial charge in [-0.15, -0.1) is 0 Å². The Bertz CT molecular complexity index is 457. The highest BCUT2D eigenvalue weighted by Crippen LogP contribution is 2.20. The molecule has 16 heavy (non-hydrogen) atoms. The van der Waals surface area contributed by atoms with Gasteiger partial charge in [-0.3, -0.25) is 5.10 Å². The maximum atomic E-state index is 9.21. The molecule has 0 amide bonds. The van der Waals surface area contributed by atoms with Crippen LogP contribution in [0.3, 0.4) is 0 Å². The van der Waals surface area contributed by atoms with E-state index in [0.29, 0.717) is 11.7 Å². The number of hydrogen-bond acceptors (Lipinski definition) is 2. The molecule has 1 aromatic carbocycles. The fourth-order valence-electron chi connectivity index (χ4n) is 1.80. The Morgan fingerprint density at radius 3 is 2.56 bits per heavy atom. The fraction of sp³-hybridized carbons (Fsp3) is 0.308. The highest BCUT2D eigenvalue weighted by atomic mass is 16.3. The molecule has 0 aliphatic heterocycles. The number of benzene rings is 1. The quantitative estimate of drug-likeness (QED) is 0.828. The summed E-state index contributed by atoms with van der Waals surface area (Å²) in [7, 11) is 0. The summed E-state index contributed by atoms with van der Waals surface area (Å²) in [5, 5.41) is 16.3. The zero-order valence-corrected chi connectivity index (χ0v) is 9.57. The van der Waals surface area contributed by atoms with Gasteiger partial charge < -0.3 is 5.11 Å². The molecule has 3 heteroatoms. The van der Waals surface area contributed by atoms with Crippen molar-refractivity contribution in [3.8, 4) is 5.75 Å². The molecule has 1 heterocycles. The minimum Gasteiger partial charge on any atom is -0.508 e. The molecule has 1 aromatic heterocycles. The van der Waals surface area contributed by atoms with Crippen LogP contribution in [0.15, 0.2) is 30.5 Å². The number of aromatic hydroxyl groups is 1. The number of aromatic amines is 1. The molecule has 2 N–H and O–H groups in total. The number of nitrogens with one attached hydrogen (secondary N) is 1. The van der Waals surface area contributed by atoms with Crippen LogP contribution >= 0.6 is 0 Å². The zero-order valence-electron chi connectivity index (χ0n) is 9.57. The molecule has 2 aromatic rings. The van der Waals surface area contributed by atoms with Crippen molar-refractivity contribution >= 4 is 0 Å². The summed E-state index contributed by atoms with van der Waals surface area (Å²) < 4.78 is 0. The molecule has 3 nitrogen and oxygen atoms in total. The van der Waals surface area contributed by atoms with E-state index in [1.54, 1.807) is 12.1 Å². The van der Waals surface area contributed by atoms with E-state index < -0.39 is 0 Å². The smallest absolute Gasteiger partial charge is 0.115 e. The number of nitrogens with zero attached hydrogens (tertiary/aromatic N) is 1. The molecule has 0 fully saturated rings. The molecule has 0 radical (unpaired) electrons. The normalized spacial score (nSPS) is 10.9. The minimum atomic E-state index is 0.306. The summed E-state index contributed by atoms with van der Waals surface area (Å²) >= 11 is 0. The third kappa shape index (κ3) is 2.24. The van der Waals surface area contributed by atoms with E-state index >= 15 is 0 Å². The van der Waals surface area contributed by atoms with Crippen molar-refractivity contribution < 1.29 is 5.11 Å². The second kappa shape index (κ2) is 4.39. The van der Waals surface area contributed by atoms with Crippen molar-refractivity contribution in [2.75, 3.05) is 0 Å². The number of aromatic nitrogens is 2. The van der Waals surface area contributed by atoms with Crippen molar-refractivity contribution in [1.29, 1.82) is 0 Å². The number of H-pyrrole nitrogens is 1. The van der Waals surface area contributed by atoms with Crippen molar-refractivity contribution in [1.82, 2.24) is 10.2 Å². The Hall–Kier alpha value is -1.77. The number of hydrogen-bond donors (Lipinski definition) is 2. The highest BCUT2D eigenvalue weighted by molar-refractivity contribution is 5.32. The first kappa shape index (κ1) is 10.7. The average Bonchev–Trinajstić information content (AvgIpc) is 2.69. The lowest BCUT2D eigenvalue weighted by atomic mass is 10.0. The van der Waals surface area contributed by atoms with Gasteiger partial charge in [-0.05, 0) is 29.2 Å². The third-order valence-electron chi connectivity index (χ3n) is 2.66. The van der Waals surface area contributed by atoms with Gasteiger partial charge in [0, 0.05) is 12.1 Å². The van der Waals surface area contributed by atoms with E-state index in [4.69, 9.17) is 0 Å². The lowest BCUT2D eigenvalue weighted by molar-refractivity contribution is 0.475. The van der Waals surface area contributed by atoms with Crippen LogP contribution in [-0.2, 0) is 6.42 Å². The minimum absolute atomic E-state index is 0.306. The summed E-state index contributed by atoms with van der Waals surface area (Å²) in [5.41, 5.74) is 3.59. The summed E-state index contributed by atoms with van der Waals surface area (Å²) in [6, 6.07) is 7.30. The van der Waals surface area contributed by atoms with Gasteiger partial charge >= 0.3 is 0 Å². The Balaban J connectivity index is 2.20. The molecule has 0 saturated carbocycles. The third-order valence-corrected chi connectivity index (χ3v) is 2.66. The van der Waals surface area contributed by atoms with E-state index in [0.717, 1.165) is 6.42 Å². The summed E-state index contributed by atoms with van der Waals surface area (Å²) in [5.74, 6) is 0.759. The lowest BCUT2D eigenvalue weighted by Crippen LogP contribution is -1.95.